The molecule has 0 unspecified atom stereocenters. The van der Waals surface area contributed by atoms with Crippen LogP contribution < -0.4 is 0 Å². The summed E-state index contributed by atoms with van der Waals surface area (Å²) in [5.74, 6) is 2.07. The average molecular weight is 255 g/mol. The van der Waals surface area contributed by atoms with Crippen molar-refractivity contribution >= 4 is 17.7 Å². The average Bonchev–Trinajstić information content (AvgIpc) is 2.96. The van der Waals surface area contributed by atoms with Crippen molar-refractivity contribution in [2.45, 2.75) is 32.2 Å². The van der Waals surface area contributed by atoms with Crippen molar-refractivity contribution in [3.05, 3.63) is 11.9 Å². The topological polar surface area (TPSA) is 68.0 Å². The van der Waals surface area contributed by atoms with Gasteiger partial charge in [-0.3, -0.25) is 4.68 Å². The van der Waals surface area contributed by atoms with Crippen LogP contribution in [-0.2, 0) is 6.54 Å². The Bertz CT molecular complexity index is 375. The molecule has 94 valence electrons. The maximum Gasteiger partial charge on any atom is 0.358 e. The summed E-state index contributed by atoms with van der Waals surface area (Å²) in [5.41, 5.74) is 0.0193. The summed E-state index contributed by atoms with van der Waals surface area (Å²) < 4.78 is 1.60. The lowest BCUT2D eigenvalue weighted by Gasteiger charge is -2.07. The molecule has 0 aromatic carbocycles. The normalized spacial score (nSPS) is 16.5. The zero-order chi connectivity index (χ0) is 12.1. The van der Waals surface area contributed by atoms with Gasteiger partial charge in [0.15, 0.2) is 5.69 Å². The first-order chi connectivity index (χ1) is 8.25. The Morgan fingerprint density at radius 1 is 1.53 bits per heavy atom. The molecule has 1 aromatic rings. The largest absolute Gasteiger partial charge is 0.476 e. The van der Waals surface area contributed by atoms with Gasteiger partial charge in [-0.2, -0.15) is 11.8 Å². The number of aryl methyl sites for hydroxylation is 1. The monoisotopic (exact) mass is 255 g/mol. The summed E-state index contributed by atoms with van der Waals surface area (Å²) in [4.78, 5) is 10.6. The number of carboxylic acids is 1. The predicted octanol–water partition coefficient (Wildman–Crippen LogP) is 1.90. The lowest BCUT2D eigenvalue weighted by molar-refractivity contribution is 0.0690. The maximum atomic E-state index is 10.6. The van der Waals surface area contributed by atoms with E-state index < -0.39 is 5.97 Å². The first-order valence-corrected chi connectivity index (χ1v) is 7.12. The van der Waals surface area contributed by atoms with Crippen LogP contribution in [0, 0.1) is 5.92 Å². The number of carbonyl (C=O) groups is 1. The molecule has 17 heavy (non-hydrogen) atoms. The van der Waals surface area contributed by atoms with Crippen LogP contribution >= 0.6 is 11.8 Å². The van der Waals surface area contributed by atoms with E-state index in [0.29, 0.717) is 0 Å². The van der Waals surface area contributed by atoms with Crippen LogP contribution in [0.2, 0.25) is 0 Å². The highest BCUT2D eigenvalue weighted by molar-refractivity contribution is 7.99. The van der Waals surface area contributed by atoms with Crippen molar-refractivity contribution in [3.8, 4) is 0 Å². The van der Waals surface area contributed by atoms with Crippen molar-refractivity contribution in [2.75, 3.05) is 11.5 Å². The second kappa shape index (κ2) is 6.05. The van der Waals surface area contributed by atoms with Crippen LogP contribution in [0.3, 0.4) is 0 Å². The van der Waals surface area contributed by atoms with E-state index in [0.717, 1.165) is 18.2 Å². The van der Waals surface area contributed by atoms with E-state index in [1.807, 2.05) is 11.8 Å². The van der Waals surface area contributed by atoms with Crippen molar-refractivity contribution in [1.29, 1.82) is 0 Å². The molecule has 0 spiro atoms. The summed E-state index contributed by atoms with van der Waals surface area (Å²) in [6, 6.07) is 0. The van der Waals surface area contributed by atoms with Crippen molar-refractivity contribution in [2.24, 2.45) is 5.92 Å². The fourth-order valence-electron chi connectivity index (χ4n) is 2.09. The Hall–Kier alpha value is -1.04. The maximum absolute atomic E-state index is 10.6. The highest BCUT2D eigenvalue weighted by Gasteiger charge is 2.14. The van der Waals surface area contributed by atoms with Gasteiger partial charge in [0.1, 0.15) is 0 Å². The number of carboxylic acid groups (broad SMARTS) is 1. The lowest BCUT2D eigenvalue weighted by Crippen LogP contribution is -2.04. The molecule has 1 aromatic heterocycles. The summed E-state index contributed by atoms with van der Waals surface area (Å²) in [5, 5.41) is 16.0. The first-order valence-electron chi connectivity index (χ1n) is 5.97. The Morgan fingerprint density at radius 2 is 2.29 bits per heavy atom. The standard InChI is InChI=1S/C11H17N3O2S/c15-11(16)10-7-14(13-12-10)5-6-17-8-9-3-1-2-4-9/h7,9H,1-6,8H2,(H,15,16). The third kappa shape index (κ3) is 3.73. The number of hydrogen-bond acceptors (Lipinski definition) is 4. The second-order valence-electron chi connectivity index (χ2n) is 4.40. The van der Waals surface area contributed by atoms with Gasteiger partial charge in [-0.15, -0.1) is 5.10 Å². The van der Waals surface area contributed by atoms with Gasteiger partial charge in [0.25, 0.3) is 0 Å². The zero-order valence-corrected chi connectivity index (χ0v) is 10.5. The number of thioether (sulfide) groups is 1. The Balaban J connectivity index is 1.65. The third-order valence-corrected chi connectivity index (χ3v) is 4.23. The van der Waals surface area contributed by atoms with E-state index in [4.69, 9.17) is 5.11 Å². The minimum Gasteiger partial charge on any atom is -0.476 e. The number of aromatic carboxylic acids is 1. The smallest absolute Gasteiger partial charge is 0.358 e. The fourth-order valence-corrected chi connectivity index (χ4v) is 3.24. The fraction of sp³-hybridized carbons (Fsp3) is 0.727. The molecular formula is C11H17N3O2S. The summed E-state index contributed by atoms with van der Waals surface area (Å²) in [6.45, 7) is 0.734. The van der Waals surface area contributed by atoms with Crippen LogP contribution in [0.15, 0.2) is 6.20 Å². The van der Waals surface area contributed by atoms with E-state index in [9.17, 15) is 4.79 Å². The van der Waals surface area contributed by atoms with Gasteiger partial charge in [0, 0.05) is 5.75 Å². The summed E-state index contributed by atoms with van der Waals surface area (Å²) in [6.07, 6.45) is 7.00. The highest BCUT2D eigenvalue weighted by Crippen LogP contribution is 2.27. The van der Waals surface area contributed by atoms with Crippen LogP contribution in [0.25, 0.3) is 0 Å². The Kier molecular flexibility index (Phi) is 4.42. The van der Waals surface area contributed by atoms with Gasteiger partial charge in [-0.05, 0) is 24.5 Å². The minimum absolute atomic E-state index is 0.0193. The molecule has 0 amide bonds. The second-order valence-corrected chi connectivity index (χ2v) is 5.55. The van der Waals surface area contributed by atoms with Crippen LogP contribution in [0.1, 0.15) is 36.2 Å². The molecule has 0 atom stereocenters. The molecule has 6 heteroatoms. The molecule has 2 rings (SSSR count). The summed E-state index contributed by atoms with van der Waals surface area (Å²) in [7, 11) is 0. The van der Waals surface area contributed by atoms with Gasteiger partial charge in [-0.25, -0.2) is 4.79 Å². The van der Waals surface area contributed by atoms with Gasteiger partial charge < -0.3 is 5.11 Å². The molecule has 1 heterocycles. The molecule has 1 saturated carbocycles. The van der Waals surface area contributed by atoms with Gasteiger partial charge in [0.05, 0.1) is 12.7 Å². The minimum atomic E-state index is -1.02. The van der Waals surface area contributed by atoms with E-state index >= 15 is 0 Å². The van der Waals surface area contributed by atoms with Crippen molar-refractivity contribution < 1.29 is 9.90 Å². The Morgan fingerprint density at radius 3 is 2.94 bits per heavy atom. The van der Waals surface area contributed by atoms with Gasteiger partial charge in [0.2, 0.25) is 0 Å². The van der Waals surface area contributed by atoms with E-state index in [2.05, 4.69) is 10.3 Å². The molecule has 1 aliphatic carbocycles. The Labute approximate surface area is 105 Å². The van der Waals surface area contributed by atoms with Crippen LogP contribution in [-0.4, -0.2) is 37.6 Å². The van der Waals surface area contributed by atoms with Crippen LogP contribution in [0.5, 0.6) is 0 Å². The molecular weight excluding hydrogens is 238 g/mol. The quantitative estimate of drug-likeness (QED) is 0.786. The molecule has 0 bridgehead atoms. The molecule has 0 saturated heterocycles. The van der Waals surface area contributed by atoms with Crippen molar-refractivity contribution in [1.82, 2.24) is 15.0 Å². The van der Waals surface area contributed by atoms with Crippen LogP contribution in [0.4, 0.5) is 0 Å². The van der Waals surface area contributed by atoms with Gasteiger partial charge >= 0.3 is 5.97 Å². The molecule has 5 nitrogen and oxygen atoms in total. The SMILES string of the molecule is O=C(O)c1cn(CCSCC2CCCC2)nn1. The molecule has 1 aliphatic rings. The third-order valence-electron chi connectivity index (χ3n) is 3.05. The number of nitrogens with zero attached hydrogens (tertiary/aromatic N) is 3. The number of hydrogen-bond donors (Lipinski definition) is 1. The van der Waals surface area contributed by atoms with E-state index in [-0.39, 0.29) is 5.69 Å². The summed E-state index contributed by atoms with van der Waals surface area (Å²) >= 11 is 1.93. The van der Waals surface area contributed by atoms with E-state index in [1.54, 1.807) is 4.68 Å². The molecule has 1 fully saturated rings. The zero-order valence-electron chi connectivity index (χ0n) is 9.71. The van der Waals surface area contributed by atoms with Crippen molar-refractivity contribution in [3.63, 3.8) is 0 Å². The number of rotatable bonds is 6. The number of aromatic nitrogens is 3. The predicted molar refractivity (Wildman–Crippen MR) is 66.3 cm³/mol. The molecule has 1 N–H and O–H groups in total. The lowest BCUT2D eigenvalue weighted by atomic mass is 10.1. The molecule has 0 aliphatic heterocycles. The van der Waals surface area contributed by atoms with E-state index in [1.165, 1.54) is 37.6 Å². The van der Waals surface area contributed by atoms with Gasteiger partial charge in [-0.1, -0.05) is 18.1 Å². The first kappa shape index (κ1) is 12.4. The molecule has 0 radical (unpaired) electrons. The highest BCUT2D eigenvalue weighted by atomic mass is 32.2.